The van der Waals surface area contributed by atoms with Gasteiger partial charge in [0.25, 0.3) is 0 Å². The van der Waals surface area contributed by atoms with Crippen LogP contribution in [0.3, 0.4) is 0 Å². The first kappa shape index (κ1) is 25.4. The van der Waals surface area contributed by atoms with Gasteiger partial charge in [0.2, 0.25) is 11.8 Å². The van der Waals surface area contributed by atoms with Crippen LogP contribution in [0.1, 0.15) is 24.0 Å². The Bertz CT molecular complexity index is 842. The lowest BCUT2D eigenvalue weighted by Gasteiger charge is -2.34. The highest BCUT2D eigenvalue weighted by Crippen LogP contribution is 2.04. The first-order valence-electron chi connectivity index (χ1n) is 12.2. The highest BCUT2D eigenvalue weighted by atomic mass is 16.2. The number of nitrogens with one attached hydrogen (secondary N) is 2. The van der Waals surface area contributed by atoms with Gasteiger partial charge in [-0.15, -0.1) is 0 Å². The topological polar surface area (TPSA) is 64.7 Å². The molecule has 2 N–H and O–H groups in total. The predicted molar refractivity (Wildman–Crippen MR) is 139 cm³/mol. The van der Waals surface area contributed by atoms with Gasteiger partial charge >= 0.3 is 0 Å². The molecular formula is C28H36N4O2. The largest absolute Gasteiger partial charge is 0.353 e. The van der Waals surface area contributed by atoms with Gasteiger partial charge < -0.3 is 20.4 Å². The van der Waals surface area contributed by atoms with E-state index in [-0.39, 0.29) is 11.8 Å². The summed E-state index contributed by atoms with van der Waals surface area (Å²) in [5.41, 5.74) is 2.05. The van der Waals surface area contributed by atoms with Crippen molar-refractivity contribution in [2.75, 3.05) is 52.4 Å². The Hall–Kier alpha value is -3.22. The van der Waals surface area contributed by atoms with Crippen molar-refractivity contribution in [3.8, 4) is 0 Å². The molecule has 180 valence electrons. The zero-order valence-electron chi connectivity index (χ0n) is 19.9. The van der Waals surface area contributed by atoms with E-state index in [0.717, 1.165) is 63.2 Å². The number of nitrogens with zero attached hydrogens (tertiary/aromatic N) is 2. The van der Waals surface area contributed by atoms with Crippen molar-refractivity contribution in [1.82, 2.24) is 20.4 Å². The molecule has 0 atom stereocenters. The maximum absolute atomic E-state index is 11.9. The number of rotatable bonds is 12. The number of piperazine rings is 1. The van der Waals surface area contributed by atoms with Crippen molar-refractivity contribution in [1.29, 1.82) is 0 Å². The van der Waals surface area contributed by atoms with Crippen molar-refractivity contribution in [3.63, 3.8) is 0 Å². The third-order valence-corrected chi connectivity index (χ3v) is 5.82. The molecule has 3 rings (SSSR count). The van der Waals surface area contributed by atoms with E-state index in [1.807, 2.05) is 72.8 Å². The number of carbonyl (C=O) groups is 2. The second kappa shape index (κ2) is 14.8. The summed E-state index contributed by atoms with van der Waals surface area (Å²) in [6.07, 6.45) is 8.76. The van der Waals surface area contributed by atoms with E-state index in [4.69, 9.17) is 0 Å². The molecule has 2 amide bonds. The van der Waals surface area contributed by atoms with Crippen molar-refractivity contribution in [3.05, 3.63) is 83.9 Å². The summed E-state index contributed by atoms with van der Waals surface area (Å²) in [7, 11) is 0. The van der Waals surface area contributed by atoms with Gasteiger partial charge in [-0.25, -0.2) is 0 Å². The van der Waals surface area contributed by atoms with E-state index in [0.29, 0.717) is 13.1 Å². The Kier molecular flexibility index (Phi) is 11.1. The SMILES string of the molecule is O=C(/C=C/c1ccccc1)NCCCN1CCN(CCCNC(=O)/C=C/c2ccccc2)CC1. The van der Waals surface area contributed by atoms with E-state index >= 15 is 0 Å². The molecule has 0 saturated carbocycles. The van der Waals surface area contributed by atoms with Gasteiger partial charge in [-0.1, -0.05) is 60.7 Å². The lowest BCUT2D eigenvalue weighted by Crippen LogP contribution is -2.47. The summed E-state index contributed by atoms with van der Waals surface area (Å²) in [6, 6.07) is 19.7. The smallest absolute Gasteiger partial charge is 0.243 e. The molecule has 0 aromatic heterocycles. The minimum Gasteiger partial charge on any atom is -0.353 e. The molecule has 0 bridgehead atoms. The van der Waals surface area contributed by atoms with Crippen molar-refractivity contribution in [2.24, 2.45) is 0 Å². The third kappa shape index (κ3) is 10.1. The Balaban J connectivity index is 1.18. The first-order valence-corrected chi connectivity index (χ1v) is 12.2. The second-order valence-corrected chi connectivity index (χ2v) is 8.46. The standard InChI is InChI=1S/C28H36N4O2/c33-27(15-13-25-9-3-1-4-10-25)29-17-7-19-31-21-23-32(24-22-31)20-8-18-30-28(34)16-14-26-11-5-2-6-12-26/h1-6,9-16H,7-8,17-24H2,(H,29,33)(H,30,34)/b15-13+,16-14+. The quantitative estimate of drug-likeness (QED) is 0.378. The molecule has 1 heterocycles. The van der Waals surface area contributed by atoms with Crippen LogP contribution >= 0.6 is 0 Å². The molecule has 2 aromatic carbocycles. The monoisotopic (exact) mass is 460 g/mol. The Morgan fingerprint density at radius 1 is 0.647 bits per heavy atom. The number of amides is 2. The minimum atomic E-state index is -0.0451. The molecule has 6 heteroatoms. The van der Waals surface area contributed by atoms with Gasteiger partial charge in [0.05, 0.1) is 0 Å². The molecule has 34 heavy (non-hydrogen) atoms. The zero-order chi connectivity index (χ0) is 23.8. The number of hydrogen-bond acceptors (Lipinski definition) is 4. The Labute approximate surface area is 203 Å². The summed E-state index contributed by atoms with van der Waals surface area (Å²) in [5.74, 6) is -0.0901. The molecule has 0 aliphatic carbocycles. The molecule has 6 nitrogen and oxygen atoms in total. The predicted octanol–water partition coefficient (Wildman–Crippen LogP) is 3.04. The molecule has 1 aliphatic rings. The summed E-state index contributed by atoms with van der Waals surface area (Å²) in [6.45, 7) is 7.58. The second-order valence-electron chi connectivity index (χ2n) is 8.46. The van der Waals surface area contributed by atoms with E-state index in [1.54, 1.807) is 12.2 Å². The van der Waals surface area contributed by atoms with E-state index in [1.165, 1.54) is 0 Å². The molecular weight excluding hydrogens is 424 g/mol. The van der Waals surface area contributed by atoms with Gasteiger partial charge in [0, 0.05) is 51.4 Å². The average Bonchev–Trinajstić information content (AvgIpc) is 2.88. The minimum absolute atomic E-state index is 0.0451. The highest BCUT2D eigenvalue weighted by molar-refractivity contribution is 5.92. The zero-order valence-corrected chi connectivity index (χ0v) is 19.9. The van der Waals surface area contributed by atoms with Crippen LogP contribution in [-0.2, 0) is 9.59 Å². The molecule has 0 unspecified atom stereocenters. The van der Waals surface area contributed by atoms with E-state index in [2.05, 4.69) is 20.4 Å². The summed E-state index contributed by atoms with van der Waals surface area (Å²) in [5, 5.41) is 5.92. The lowest BCUT2D eigenvalue weighted by atomic mass is 10.2. The molecule has 2 aromatic rings. The fourth-order valence-electron chi connectivity index (χ4n) is 3.85. The van der Waals surface area contributed by atoms with Gasteiger partial charge in [-0.05, 0) is 49.2 Å². The van der Waals surface area contributed by atoms with E-state index in [9.17, 15) is 9.59 Å². The normalized spacial score (nSPS) is 15.1. The fraction of sp³-hybridized carbons (Fsp3) is 0.357. The molecule has 0 spiro atoms. The average molecular weight is 461 g/mol. The fourth-order valence-corrected chi connectivity index (χ4v) is 3.85. The summed E-state index contributed by atoms with van der Waals surface area (Å²) < 4.78 is 0. The van der Waals surface area contributed by atoms with Crippen molar-refractivity contribution < 1.29 is 9.59 Å². The number of carbonyl (C=O) groups excluding carboxylic acids is 2. The number of benzene rings is 2. The first-order chi connectivity index (χ1) is 16.7. The summed E-state index contributed by atoms with van der Waals surface area (Å²) >= 11 is 0. The van der Waals surface area contributed by atoms with Crippen LogP contribution < -0.4 is 10.6 Å². The van der Waals surface area contributed by atoms with Crippen LogP contribution in [0.2, 0.25) is 0 Å². The van der Waals surface area contributed by atoms with Crippen LogP contribution in [0.4, 0.5) is 0 Å². The van der Waals surface area contributed by atoms with Crippen LogP contribution in [-0.4, -0.2) is 74.0 Å². The maximum Gasteiger partial charge on any atom is 0.243 e. The van der Waals surface area contributed by atoms with Crippen LogP contribution in [0.5, 0.6) is 0 Å². The van der Waals surface area contributed by atoms with Crippen molar-refractivity contribution in [2.45, 2.75) is 12.8 Å². The van der Waals surface area contributed by atoms with Gasteiger partial charge in [0.1, 0.15) is 0 Å². The van der Waals surface area contributed by atoms with Crippen LogP contribution in [0, 0.1) is 0 Å². The summed E-state index contributed by atoms with van der Waals surface area (Å²) in [4.78, 5) is 28.8. The Morgan fingerprint density at radius 2 is 1.03 bits per heavy atom. The van der Waals surface area contributed by atoms with Crippen molar-refractivity contribution >= 4 is 24.0 Å². The van der Waals surface area contributed by atoms with Gasteiger partial charge in [-0.3, -0.25) is 9.59 Å². The maximum atomic E-state index is 11.9. The van der Waals surface area contributed by atoms with Crippen LogP contribution in [0.25, 0.3) is 12.2 Å². The third-order valence-electron chi connectivity index (χ3n) is 5.82. The Morgan fingerprint density at radius 3 is 1.41 bits per heavy atom. The van der Waals surface area contributed by atoms with Gasteiger partial charge in [0.15, 0.2) is 0 Å². The van der Waals surface area contributed by atoms with Gasteiger partial charge in [-0.2, -0.15) is 0 Å². The molecule has 1 fully saturated rings. The van der Waals surface area contributed by atoms with Crippen LogP contribution in [0.15, 0.2) is 72.8 Å². The molecule has 0 radical (unpaired) electrons. The molecule has 1 aliphatic heterocycles. The van der Waals surface area contributed by atoms with E-state index < -0.39 is 0 Å². The lowest BCUT2D eigenvalue weighted by molar-refractivity contribution is -0.117. The highest BCUT2D eigenvalue weighted by Gasteiger charge is 2.15. The number of hydrogen-bond donors (Lipinski definition) is 2. The molecule has 1 saturated heterocycles.